The quantitative estimate of drug-likeness (QED) is 0.857. The van der Waals surface area contributed by atoms with E-state index in [0.717, 1.165) is 5.56 Å². The predicted molar refractivity (Wildman–Crippen MR) is 90.5 cm³/mol. The van der Waals surface area contributed by atoms with Crippen molar-refractivity contribution in [2.24, 2.45) is 5.73 Å². The van der Waals surface area contributed by atoms with Gasteiger partial charge in [-0.3, -0.25) is 4.79 Å². The monoisotopic (exact) mass is 345 g/mol. The largest absolute Gasteiger partial charge is 0.493 e. The fourth-order valence-electron chi connectivity index (χ4n) is 3.05. The summed E-state index contributed by atoms with van der Waals surface area (Å²) in [4.78, 5) is 11.5. The van der Waals surface area contributed by atoms with Gasteiger partial charge in [0.05, 0.1) is 21.3 Å². The molecule has 1 aliphatic rings. The van der Waals surface area contributed by atoms with Crippen molar-refractivity contribution in [2.75, 3.05) is 21.3 Å². The van der Waals surface area contributed by atoms with Gasteiger partial charge in [-0.2, -0.15) is 0 Å². The lowest BCUT2D eigenvalue weighted by Gasteiger charge is -2.32. The van der Waals surface area contributed by atoms with Gasteiger partial charge in [-0.15, -0.1) is 0 Å². The molecular formula is C18H19NO6. The number of nitrogens with two attached hydrogens (primary N) is 1. The van der Waals surface area contributed by atoms with Crippen LogP contribution in [-0.2, 0) is 4.79 Å². The third-order valence-electron chi connectivity index (χ3n) is 4.19. The highest BCUT2D eigenvalue weighted by Gasteiger charge is 2.38. The van der Waals surface area contributed by atoms with Gasteiger partial charge in [0.2, 0.25) is 5.75 Å². The van der Waals surface area contributed by atoms with E-state index in [1.54, 1.807) is 18.2 Å². The van der Waals surface area contributed by atoms with E-state index in [0.29, 0.717) is 34.1 Å². The number of methoxy groups -OCH3 is 3. The Morgan fingerprint density at radius 3 is 2.44 bits per heavy atom. The average molecular weight is 345 g/mol. The van der Waals surface area contributed by atoms with Crippen LogP contribution in [0.5, 0.6) is 23.0 Å². The lowest BCUT2D eigenvalue weighted by atomic mass is 9.88. The van der Waals surface area contributed by atoms with Gasteiger partial charge in [0.25, 0.3) is 0 Å². The van der Waals surface area contributed by atoms with Gasteiger partial charge < -0.3 is 29.8 Å². The minimum absolute atomic E-state index is 0.406. The summed E-state index contributed by atoms with van der Waals surface area (Å²) in [5, 5.41) is 9.37. The van der Waals surface area contributed by atoms with E-state index < -0.39 is 18.1 Å². The molecule has 1 heterocycles. The number of carboxylic acids is 1. The van der Waals surface area contributed by atoms with E-state index in [4.69, 9.17) is 24.7 Å². The molecular weight excluding hydrogens is 326 g/mol. The van der Waals surface area contributed by atoms with E-state index in [-0.39, 0.29) is 0 Å². The number of ether oxygens (including phenoxy) is 4. The van der Waals surface area contributed by atoms with Crippen LogP contribution in [0.1, 0.15) is 11.7 Å². The SMILES string of the molecule is COc1cc2c(c(OC)c1OC)-c1ccccc1OC2C(N)C(=O)O. The molecule has 7 nitrogen and oxygen atoms in total. The zero-order valence-corrected chi connectivity index (χ0v) is 14.1. The number of rotatable bonds is 5. The summed E-state index contributed by atoms with van der Waals surface area (Å²) >= 11 is 0. The fourth-order valence-corrected chi connectivity index (χ4v) is 3.05. The van der Waals surface area contributed by atoms with Gasteiger partial charge in [-0.25, -0.2) is 0 Å². The zero-order valence-electron chi connectivity index (χ0n) is 14.1. The van der Waals surface area contributed by atoms with Gasteiger partial charge in [0.15, 0.2) is 17.6 Å². The number of para-hydroxylation sites is 1. The highest BCUT2D eigenvalue weighted by atomic mass is 16.5. The van der Waals surface area contributed by atoms with Crippen molar-refractivity contribution >= 4 is 5.97 Å². The lowest BCUT2D eigenvalue weighted by Crippen LogP contribution is -2.40. The van der Waals surface area contributed by atoms with Gasteiger partial charge in [-0.1, -0.05) is 18.2 Å². The summed E-state index contributed by atoms with van der Waals surface area (Å²) in [7, 11) is 4.52. The number of carbonyl (C=O) groups is 1. The average Bonchev–Trinajstić information content (AvgIpc) is 2.64. The van der Waals surface area contributed by atoms with E-state index >= 15 is 0 Å². The normalized spacial score (nSPS) is 16.1. The molecule has 7 heteroatoms. The van der Waals surface area contributed by atoms with Crippen molar-refractivity contribution in [2.45, 2.75) is 12.1 Å². The number of hydrogen-bond donors (Lipinski definition) is 2. The summed E-state index contributed by atoms with van der Waals surface area (Å²) in [6.45, 7) is 0. The molecule has 0 aromatic heterocycles. The molecule has 1 aliphatic heterocycles. The molecule has 25 heavy (non-hydrogen) atoms. The number of hydrogen-bond acceptors (Lipinski definition) is 6. The Kier molecular flexibility index (Phi) is 4.41. The summed E-state index contributed by atoms with van der Waals surface area (Å²) in [6, 6.07) is 7.72. The molecule has 3 N–H and O–H groups in total. The Labute approximate surface area is 144 Å². The van der Waals surface area contributed by atoms with Crippen LogP contribution >= 0.6 is 0 Å². The molecule has 0 bridgehead atoms. The number of carboxylic acid groups (broad SMARTS) is 1. The van der Waals surface area contributed by atoms with Crippen LogP contribution in [0.2, 0.25) is 0 Å². The Morgan fingerprint density at radius 1 is 1.16 bits per heavy atom. The van der Waals surface area contributed by atoms with Crippen molar-refractivity contribution < 1.29 is 28.8 Å². The van der Waals surface area contributed by atoms with Gasteiger partial charge >= 0.3 is 5.97 Å². The fraction of sp³-hybridized carbons (Fsp3) is 0.278. The molecule has 132 valence electrons. The molecule has 2 atom stereocenters. The molecule has 0 fully saturated rings. The first-order chi connectivity index (χ1) is 12.0. The molecule has 0 aliphatic carbocycles. The molecule has 0 amide bonds. The molecule has 3 rings (SSSR count). The third kappa shape index (κ3) is 2.62. The van der Waals surface area contributed by atoms with Crippen LogP contribution in [0.3, 0.4) is 0 Å². The maximum Gasteiger partial charge on any atom is 0.324 e. The number of fused-ring (bicyclic) bond motifs is 3. The highest BCUT2D eigenvalue weighted by Crippen LogP contribution is 2.53. The minimum atomic E-state index is -1.25. The van der Waals surface area contributed by atoms with E-state index in [2.05, 4.69) is 0 Å². The van der Waals surface area contributed by atoms with Crippen LogP contribution in [0.4, 0.5) is 0 Å². The summed E-state index contributed by atoms with van der Waals surface area (Å²) in [5.41, 5.74) is 7.90. The van der Waals surface area contributed by atoms with Crippen LogP contribution in [-0.4, -0.2) is 38.4 Å². The highest BCUT2D eigenvalue weighted by molar-refractivity contribution is 5.86. The maximum atomic E-state index is 11.5. The van der Waals surface area contributed by atoms with Crippen molar-refractivity contribution in [3.05, 3.63) is 35.9 Å². The molecule has 0 saturated carbocycles. The Hall–Kier alpha value is -2.93. The second-order valence-corrected chi connectivity index (χ2v) is 5.51. The Morgan fingerprint density at radius 2 is 1.84 bits per heavy atom. The lowest BCUT2D eigenvalue weighted by molar-refractivity contribution is -0.140. The van der Waals surface area contributed by atoms with E-state index in [1.165, 1.54) is 21.3 Å². The van der Waals surface area contributed by atoms with Crippen LogP contribution in [0, 0.1) is 0 Å². The summed E-state index contributed by atoms with van der Waals surface area (Å²) in [6.07, 6.45) is -0.892. The van der Waals surface area contributed by atoms with Crippen molar-refractivity contribution in [3.63, 3.8) is 0 Å². The van der Waals surface area contributed by atoms with Gasteiger partial charge in [0, 0.05) is 16.7 Å². The smallest absolute Gasteiger partial charge is 0.324 e. The van der Waals surface area contributed by atoms with E-state index in [1.807, 2.05) is 12.1 Å². The zero-order chi connectivity index (χ0) is 18.1. The topological polar surface area (TPSA) is 100 Å². The van der Waals surface area contributed by atoms with Crippen molar-refractivity contribution in [1.29, 1.82) is 0 Å². The molecule has 2 aromatic carbocycles. The molecule has 0 saturated heterocycles. The first kappa shape index (κ1) is 16.9. The second kappa shape index (κ2) is 6.52. The molecule has 0 radical (unpaired) electrons. The molecule has 2 unspecified atom stereocenters. The standard InChI is InChI=1S/C18H19NO6/c1-22-12-8-10-13(17(24-3)16(12)23-2)9-6-4-5-7-11(9)25-15(10)14(19)18(20)21/h4-8,14-15H,19H2,1-3H3,(H,20,21). The number of aliphatic carboxylic acids is 1. The summed E-state index contributed by atoms with van der Waals surface area (Å²) < 4.78 is 22.3. The Bertz CT molecular complexity index is 819. The first-order valence-electron chi connectivity index (χ1n) is 7.60. The Balaban J connectivity index is 2.35. The van der Waals surface area contributed by atoms with Gasteiger partial charge in [-0.05, 0) is 12.1 Å². The van der Waals surface area contributed by atoms with Gasteiger partial charge in [0.1, 0.15) is 11.8 Å². The van der Waals surface area contributed by atoms with Crippen LogP contribution < -0.4 is 24.7 Å². The molecule has 0 spiro atoms. The van der Waals surface area contributed by atoms with Crippen molar-refractivity contribution in [1.82, 2.24) is 0 Å². The molecule has 2 aromatic rings. The predicted octanol–water partition coefficient (Wildman–Crippen LogP) is 2.22. The van der Waals surface area contributed by atoms with Crippen LogP contribution in [0.15, 0.2) is 30.3 Å². The van der Waals surface area contributed by atoms with E-state index in [9.17, 15) is 9.90 Å². The first-order valence-corrected chi connectivity index (χ1v) is 7.60. The van der Waals surface area contributed by atoms with Crippen molar-refractivity contribution in [3.8, 4) is 34.1 Å². The summed E-state index contributed by atoms with van der Waals surface area (Å²) in [5.74, 6) is 0.633. The minimum Gasteiger partial charge on any atom is -0.493 e. The van der Waals surface area contributed by atoms with Crippen LogP contribution in [0.25, 0.3) is 11.1 Å². The third-order valence-corrected chi connectivity index (χ3v) is 4.19. The second-order valence-electron chi connectivity index (χ2n) is 5.51. The maximum absolute atomic E-state index is 11.5. The number of benzene rings is 2.